The number of likely N-dealkylation sites (N-methyl/N-ethyl adjacent to an activating group) is 1. The fourth-order valence-corrected chi connectivity index (χ4v) is 5.14. The smallest absolute Gasteiger partial charge is 0.236 e. The Kier molecular flexibility index (Phi) is 7.01. The normalized spacial score (nSPS) is 14.4. The predicted octanol–water partition coefficient (Wildman–Crippen LogP) is 3.67. The third-order valence-corrected chi connectivity index (χ3v) is 7.03. The van der Waals surface area contributed by atoms with Crippen LogP contribution in [0.25, 0.3) is 16.6 Å². The highest BCUT2D eigenvalue weighted by atomic mass is 16.2. The van der Waals surface area contributed by atoms with E-state index in [0.717, 1.165) is 40.7 Å². The second-order valence-corrected chi connectivity index (χ2v) is 9.95. The first-order valence-corrected chi connectivity index (χ1v) is 12.6. The minimum atomic E-state index is 0.0655. The van der Waals surface area contributed by atoms with Crippen LogP contribution in [0.1, 0.15) is 40.4 Å². The van der Waals surface area contributed by atoms with Gasteiger partial charge in [-0.15, -0.1) is 0 Å². The summed E-state index contributed by atoms with van der Waals surface area (Å²) in [6.45, 7) is 1.85. The third-order valence-electron chi connectivity index (χ3n) is 7.03. The van der Waals surface area contributed by atoms with Gasteiger partial charge in [0, 0.05) is 42.2 Å². The minimum Gasteiger partial charge on any atom is -0.382 e. The number of likely N-dealkylation sites (tertiary alicyclic amines) is 1. The Bertz CT molecular complexity index is 1420. The van der Waals surface area contributed by atoms with Crippen molar-refractivity contribution in [3.8, 4) is 11.1 Å². The summed E-state index contributed by atoms with van der Waals surface area (Å²) in [5.41, 5.74) is 11.6. The maximum absolute atomic E-state index is 13.0. The van der Waals surface area contributed by atoms with Crippen LogP contribution in [0.5, 0.6) is 0 Å². The lowest BCUT2D eigenvalue weighted by Gasteiger charge is -2.32. The molecule has 3 heterocycles. The Labute approximate surface area is 216 Å². The van der Waals surface area contributed by atoms with Crippen LogP contribution in [0.2, 0.25) is 0 Å². The quantitative estimate of drug-likeness (QED) is 0.392. The molecule has 1 saturated heterocycles. The molecule has 4 aromatic rings. The van der Waals surface area contributed by atoms with Gasteiger partial charge >= 0.3 is 0 Å². The lowest BCUT2D eigenvalue weighted by Crippen LogP contribution is -2.42. The van der Waals surface area contributed by atoms with E-state index in [0.29, 0.717) is 37.4 Å². The summed E-state index contributed by atoms with van der Waals surface area (Å²) < 4.78 is 1.89. The van der Waals surface area contributed by atoms with E-state index in [-0.39, 0.29) is 17.6 Å². The van der Waals surface area contributed by atoms with Crippen molar-refractivity contribution >= 4 is 23.0 Å². The highest BCUT2D eigenvalue weighted by Crippen LogP contribution is 2.37. The SMILES string of the molecule is CN(C)CC(=O)N1CCC(c2cc(-c3cccc(C(=O)Cc4ccccc4)c3)c3c(N)ncnn23)CC1. The summed E-state index contributed by atoms with van der Waals surface area (Å²) >= 11 is 0. The minimum absolute atomic E-state index is 0.0655. The van der Waals surface area contributed by atoms with Crippen molar-refractivity contribution in [1.29, 1.82) is 0 Å². The number of nitrogen functional groups attached to an aromatic ring is 1. The van der Waals surface area contributed by atoms with Crippen molar-refractivity contribution in [3.05, 3.63) is 83.8 Å². The molecule has 1 amide bonds. The van der Waals surface area contributed by atoms with Crippen molar-refractivity contribution in [2.45, 2.75) is 25.2 Å². The molecule has 0 atom stereocenters. The Morgan fingerprint density at radius 3 is 2.51 bits per heavy atom. The second kappa shape index (κ2) is 10.5. The lowest BCUT2D eigenvalue weighted by molar-refractivity contribution is -0.132. The van der Waals surface area contributed by atoms with Crippen LogP contribution in [-0.4, -0.2) is 69.8 Å². The van der Waals surface area contributed by atoms with Crippen LogP contribution >= 0.6 is 0 Å². The van der Waals surface area contributed by atoms with E-state index >= 15 is 0 Å². The van der Waals surface area contributed by atoms with E-state index in [1.165, 1.54) is 6.33 Å². The van der Waals surface area contributed by atoms with E-state index in [2.05, 4.69) is 16.1 Å². The monoisotopic (exact) mass is 496 g/mol. The average Bonchev–Trinajstić information content (AvgIpc) is 3.30. The van der Waals surface area contributed by atoms with Gasteiger partial charge in [0.2, 0.25) is 5.91 Å². The highest BCUT2D eigenvalue weighted by Gasteiger charge is 2.28. The molecule has 0 aliphatic carbocycles. The molecule has 1 fully saturated rings. The van der Waals surface area contributed by atoms with Crippen molar-refractivity contribution < 1.29 is 9.59 Å². The molecule has 2 aromatic carbocycles. The van der Waals surface area contributed by atoms with Gasteiger partial charge in [0.05, 0.1) is 6.54 Å². The van der Waals surface area contributed by atoms with Crippen molar-refractivity contribution in [1.82, 2.24) is 24.4 Å². The van der Waals surface area contributed by atoms with Gasteiger partial charge in [-0.2, -0.15) is 5.10 Å². The first-order chi connectivity index (χ1) is 17.9. The standard InChI is InChI=1S/C29H32N6O2/c1-33(2)18-27(37)34-13-11-21(12-14-34)25-17-24(28-29(30)31-19-32-35(25)28)22-9-6-10-23(16-22)26(36)15-20-7-4-3-5-8-20/h3-10,16-17,19,21H,11-15,18H2,1-2H3,(H2,30,31,32). The number of fused-ring (bicyclic) bond motifs is 1. The molecule has 37 heavy (non-hydrogen) atoms. The van der Waals surface area contributed by atoms with Gasteiger partial charge in [-0.1, -0.05) is 48.5 Å². The number of Topliss-reactive ketones (excluding diaryl/α,β-unsaturated/α-hetero) is 1. The molecule has 0 radical (unpaired) electrons. The van der Waals surface area contributed by atoms with Crippen molar-refractivity contribution in [2.24, 2.45) is 0 Å². The van der Waals surface area contributed by atoms with Gasteiger partial charge < -0.3 is 15.5 Å². The van der Waals surface area contributed by atoms with Crippen LogP contribution < -0.4 is 5.73 Å². The maximum atomic E-state index is 13.0. The molecule has 5 rings (SSSR count). The largest absolute Gasteiger partial charge is 0.382 e. The zero-order valence-corrected chi connectivity index (χ0v) is 21.3. The van der Waals surface area contributed by atoms with Gasteiger partial charge in [0.25, 0.3) is 0 Å². The molecule has 1 aliphatic heterocycles. The Balaban J connectivity index is 1.44. The van der Waals surface area contributed by atoms with Gasteiger partial charge in [-0.3, -0.25) is 9.59 Å². The number of aromatic nitrogens is 3. The number of hydrogen-bond donors (Lipinski definition) is 1. The molecular weight excluding hydrogens is 464 g/mol. The molecule has 1 aliphatic rings. The van der Waals surface area contributed by atoms with Gasteiger partial charge in [0.1, 0.15) is 11.8 Å². The summed E-state index contributed by atoms with van der Waals surface area (Å²) in [5.74, 6) is 0.862. The van der Waals surface area contributed by atoms with Crippen molar-refractivity contribution in [3.63, 3.8) is 0 Å². The molecule has 0 spiro atoms. The summed E-state index contributed by atoms with van der Waals surface area (Å²) in [6, 6.07) is 19.6. The molecule has 190 valence electrons. The molecule has 0 unspecified atom stereocenters. The first-order valence-electron chi connectivity index (χ1n) is 12.6. The highest BCUT2D eigenvalue weighted by molar-refractivity contribution is 5.99. The van der Waals surface area contributed by atoms with Crippen LogP contribution in [0.3, 0.4) is 0 Å². The lowest BCUT2D eigenvalue weighted by atomic mass is 9.92. The zero-order valence-electron chi connectivity index (χ0n) is 21.3. The molecule has 8 heteroatoms. The molecule has 2 N–H and O–H groups in total. The van der Waals surface area contributed by atoms with Crippen LogP contribution in [-0.2, 0) is 11.2 Å². The van der Waals surface area contributed by atoms with Gasteiger partial charge in [-0.25, -0.2) is 9.50 Å². The fraction of sp³-hybridized carbons (Fsp3) is 0.310. The van der Waals surface area contributed by atoms with E-state index in [1.807, 2.05) is 83.0 Å². The Hall–Kier alpha value is -4.04. The number of carbonyl (C=O) groups is 2. The second-order valence-electron chi connectivity index (χ2n) is 9.95. The Morgan fingerprint density at radius 1 is 1.03 bits per heavy atom. The number of nitrogens with zero attached hydrogens (tertiary/aromatic N) is 5. The number of anilines is 1. The fourth-order valence-electron chi connectivity index (χ4n) is 5.14. The average molecular weight is 497 g/mol. The van der Waals surface area contributed by atoms with Crippen LogP contribution in [0, 0.1) is 0 Å². The number of benzene rings is 2. The number of nitrogens with two attached hydrogens (primary N) is 1. The molecule has 0 bridgehead atoms. The summed E-state index contributed by atoms with van der Waals surface area (Å²) in [7, 11) is 3.82. The molecular formula is C29H32N6O2. The number of carbonyl (C=O) groups excluding carboxylic acids is 2. The first kappa shape index (κ1) is 24.6. The number of piperidine rings is 1. The summed E-state index contributed by atoms with van der Waals surface area (Å²) in [5, 5.41) is 4.54. The number of ketones is 1. The van der Waals surface area contributed by atoms with Crippen LogP contribution in [0.4, 0.5) is 5.82 Å². The molecule has 8 nitrogen and oxygen atoms in total. The number of hydrogen-bond acceptors (Lipinski definition) is 6. The topological polar surface area (TPSA) is 96.8 Å². The van der Waals surface area contributed by atoms with Crippen LogP contribution in [0.15, 0.2) is 67.0 Å². The van der Waals surface area contributed by atoms with E-state index in [4.69, 9.17) is 5.73 Å². The zero-order chi connectivity index (χ0) is 25.9. The number of amides is 1. The van der Waals surface area contributed by atoms with E-state index in [9.17, 15) is 9.59 Å². The summed E-state index contributed by atoms with van der Waals surface area (Å²) in [4.78, 5) is 33.7. The van der Waals surface area contributed by atoms with Crippen molar-refractivity contribution in [2.75, 3.05) is 39.5 Å². The number of rotatable bonds is 7. The molecule has 0 saturated carbocycles. The predicted molar refractivity (Wildman–Crippen MR) is 144 cm³/mol. The Morgan fingerprint density at radius 2 is 1.78 bits per heavy atom. The van der Waals surface area contributed by atoms with E-state index in [1.54, 1.807) is 0 Å². The third kappa shape index (κ3) is 5.24. The summed E-state index contributed by atoms with van der Waals surface area (Å²) in [6.07, 6.45) is 3.53. The van der Waals surface area contributed by atoms with E-state index < -0.39 is 0 Å². The molecule has 2 aromatic heterocycles. The van der Waals surface area contributed by atoms with Gasteiger partial charge in [0.15, 0.2) is 11.6 Å². The van der Waals surface area contributed by atoms with Gasteiger partial charge in [-0.05, 0) is 50.2 Å². The maximum Gasteiger partial charge on any atom is 0.236 e.